The third kappa shape index (κ3) is 4.08. The maximum Gasteiger partial charge on any atom is 0.276 e. The fourth-order valence-electron chi connectivity index (χ4n) is 1.43. The van der Waals surface area contributed by atoms with Crippen molar-refractivity contribution in [3.63, 3.8) is 0 Å². The Bertz CT molecular complexity index is 424. The Morgan fingerprint density at radius 3 is 2.22 bits per heavy atom. The number of carbonyl (C=O) groups excluding carboxylic acids is 2. The van der Waals surface area contributed by atoms with Gasteiger partial charge in [0.2, 0.25) is 5.91 Å². The lowest BCUT2D eigenvalue weighted by molar-refractivity contribution is -0.129. The maximum absolute atomic E-state index is 11.4. The molecular formula is C13H18N2O3. The van der Waals surface area contributed by atoms with Crippen LogP contribution >= 0.6 is 0 Å². The van der Waals surface area contributed by atoms with Crippen LogP contribution in [0.25, 0.3) is 0 Å². The second-order valence-corrected chi connectivity index (χ2v) is 3.96. The highest BCUT2D eigenvalue weighted by Crippen LogP contribution is 2.21. The fourth-order valence-corrected chi connectivity index (χ4v) is 1.43. The monoisotopic (exact) mass is 250 g/mol. The lowest BCUT2D eigenvalue weighted by Crippen LogP contribution is -2.43. The second-order valence-electron chi connectivity index (χ2n) is 3.96. The highest BCUT2D eigenvalue weighted by Gasteiger charge is 2.07. The smallest absolute Gasteiger partial charge is 0.276 e. The Labute approximate surface area is 106 Å². The van der Waals surface area contributed by atoms with Crippen LogP contribution in [-0.4, -0.2) is 18.4 Å². The molecule has 0 aromatic heterocycles. The molecule has 2 amide bonds. The summed E-state index contributed by atoms with van der Waals surface area (Å²) in [5, 5.41) is 0. The summed E-state index contributed by atoms with van der Waals surface area (Å²) in [6, 6.07) is 5.76. The molecule has 0 bridgehead atoms. The fraction of sp³-hybridized carbons (Fsp3) is 0.385. The number of amides is 2. The van der Waals surface area contributed by atoms with E-state index in [9.17, 15) is 9.59 Å². The van der Waals surface area contributed by atoms with Crippen molar-refractivity contribution in [1.82, 2.24) is 10.9 Å². The molecule has 0 aliphatic heterocycles. The van der Waals surface area contributed by atoms with E-state index in [-0.39, 0.29) is 18.4 Å². The van der Waals surface area contributed by atoms with Gasteiger partial charge in [0.15, 0.2) is 6.61 Å². The second kappa shape index (κ2) is 6.64. The molecule has 0 fully saturated rings. The number of carbonyl (C=O) groups is 2. The summed E-state index contributed by atoms with van der Waals surface area (Å²) < 4.78 is 5.43. The highest BCUT2D eigenvalue weighted by molar-refractivity contribution is 5.82. The average molecular weight is 250 g/mol. The minimum absolute atomic E-state index is 0.129. The molecule has 5 heteroatoms. The van der Waals surface area contributed by atoms with Gasteiger partial charge in [-0.2, -0.15) is 0 Å². The lowest BCUT2D eigenvalue weighted by atomic mass is 10.1. The number of hydrogen-bond donors (Lipinski definition) is 2. The SMILES string of the molecule is CCC(=O)NNC(=O)COc1c(C)cccc1C. The first-order valence-corrected chi connectivity index (χ1v) is 5.81. The van der Waals surface area contributed by atoms with Crippen molar-refractivity contribution >= 4 is 11.8 Å². The first-order chi connectivity index (χ1) is 8.54. The van der Waals surface area contributed by atoms with E-state index in [1.54, 1.807) is 6.92 Å². The van der Waals surface area contributed by atoms with E-state index in [2.05, 4.69) is 10.9 Å². The van der Waals surface area contributed by atoms with Crippen LogP contribution in [0.2, 0.25) is 0 Å². The van der Waals surface area contributed by atoms with Gasteiger partial charge in [0.1, 0.15) is 5.75 Å². The van der Waals surface area contributed by atoms with E-state index in [0.29, 0.717) is 12.2 Å². The molecule has 1 aromatic rings. The summed E-state index contributed by atoms with van der Waals surface area (Å²) in [4.78, 5) is 22.3. The molecule has 0 saturated carbocycles. The zero-order valence-electron chi connectivity index (χ0n) is 10.9. The standard InChI is InChI=1S/C13H18N2O3/c1-4-11(16)14-15-12(17)8-18-13-9(2)6-5-7-10(13)3/h5-7H,4,8H2,1-3H3,(H,14,16)(H,15,17). The van der Waals surface area contributed by atoms with Crippen molar-refractivity contribution in [2.45, 2.75) is 27.2 Å². The number of rotatable bonds is 4. The quantitative estimate of drug-likeness (QED) is 0.790. The zero-order chi connectivity index (χ0) is 13.5. The summed E-state index contributed by atoms with van der Waals surface area (Å²) in [7, 11) is 0. The van der Waals surface area contributed by atoms with E-state index in [1.165, 1.54) is 0 Å². The Kier molecular flexibility index (Phi) is 5.17. The number of hydrazine groups is 1. The molecule has 0 atom stereocenters. The van der Waals surface area contributed by atoms with Gasteiger partial charge in [-0.25, -0.2) is 0 Å². The zero-order valence-corrected chi connectivity index (χ0v) is 10.9. The number of para-hydroxylation sites is 1. The molecule has 2 N–H and O–H groups in total. The van der Waals surface area contributed by atoms with E-state index < -0.39 is 0 Å². The Morgan fingerprint density at radius 2 is 1.67 bits per heavy atom. The van der Waals surface area contributed by atoms with Gasteiger partial charge in [-0.05, 0) is 25.0 Å². The summed E-state index contributed by atoms with van der Waals surface area (Å²) in [5.74, 6) is 0.0735. The summed E-state index contributed by atoms with van der Waals surface area (Å²) in [6.07, 6.45) is 0.317. The lowest BCUT2D eigenvalue weighted by Gasteiger charge is -2.12. The Balaban J connectivity index is 2.45. The molecule has 0 saturated heterocycles. The molecule has 0 aliphatic rings. The first kappa shape index (κ1) is 14.0. The molecule has 18 heavy (non-hydrogen) atoms. The van der Waals surface area contributed by atoms with E-state index in [4.69, 9.17) is 4.74 Å². The third-order valence-corrected chi connectivity index (χ3v) is 2.42. The van der Waals surface area contributed by atoms with Crippen LogP contribution in [-0.2, 0) is 9.59 Å². The van der Waals surface area contributed by atoms with E-state index >= 15 is 0 Å². The van der Waals surface area contributed by atoms with Crippen LogP contribution in [0.15, 0.2) is 18.2 Å². The normalized spacial score (nSPS) is 9.72. The Morgan fingerprint density at radius 1 is 1.11 bits per heavy atom. The van der Waals surface area contributed by atoms with Crippen molar-refractivity contribution in [2.24, 2.45) is 0 Å². The number of hydrogen-bond acceptors (Lipinski definition) is 3. The number of benzene rings is 1. The van der Waals surface area contributed by atoms with Gasteiger partial charge in [0.25, 0.3) is 5.91 Å². The van der Waals surface area contributed by atoms with Crippen LogP contribution in [0.3, 0.4) is 0 Å². The summed E-state index contributed by atoms with van der Waals surface area (Å²) in [6.45, 7) is 5.41. The third-order valence-electron chi connectivity index (χ3n) is 2.42. The number of aryl methyl sites for hydroxylation is 2. The number of ether oxygens (including phenoxy) is 1. The largest absolute Gasteiger partial charge is 0.483 e. The molecule has 0 heterocycles. The summed E-state index contributed by atoms with van der Waals surface area (Å²) in [5.41, 5.74) is 6.50. The molecule has 0 spiro atoms. The molecule has 5 nitrogen and oxygen atoms in total. The van der Waals surface area contributed by atoms with Crippen molar-refractivity contribution in [2.75, 3.05) is 6.61 Å². The van der Waals surface area contributed by atoms with E-state index in [0.717, 1.165) is 11.1 Å². The highest BCUT2D eigenvalue weighted by atomic mass is 16.5. The van der Waals surface area contributed by atoms with E-state index in [1.807, 2.05) is 32.0 Å². The van der Waals surface area contributed by atoms with Gasteiger partial charge in [-0.1, -0.05) is 25.1 Å². The van der Waals surface area contributed by atoms with Gasteiger partial charge < -0.3 is 4.74 Å². The molecule has 1 rings (SSSR count). The number of nitrogens with one attached hydrogen (secondary N) is 2. The molecule has 98 valence electrons. The van der Waals surface area contributed by atoms with Crippen LogP contribution in [0.1, 0.15) is 24.5 Å². The molecular weight excluding hydrogens is 232 g/mol. The van der Waals surface area contributed by atoms with Gasteiger partial charge in [-0.15, -0.1) is 0 Å². The maximum atomic E-state index is 11.4. The predicted molar refractivity (Wildman–Crippen MR) is 68.0 cm³/mol. The van der Waals surface area contributed by atoms with Crippen LogP contribution < -0.4 is 15.6 Å². The van der Waals surface area contributed by atoms with Crippen molar-refractivity contribution in [1.29, 1.82) is 0 Å². The molecule has 0 radical (unpaired) electrons. The van der Waals surface area contributed by atoms with Crippen LogP contribution in [0.4, 0.5) is 0 Å². The summed E-state index contributed by atoms with van der Waals surface area (Å²) >= 11 is 0. The van der Waals surface area contributed by atoms with Crippen molar-refractivity contribution < 1.29 is 14.3 Å². The molecule has 0 unspecified atom stereocenters. The van der Waals surface area contributed by atoms with Crippen LogP contribution in [0.5, 0.6) is 5.75 Å². The van der Waals surface area contributed by atoms with Crippen molar-refractivity contribution in [3.8, 4) is 5.75 Å². The minimum Gasteiger partial charge on any atom is -0.483 e. The van der Waals surface area contributed by atoms with Crippen molar-refractivity contribution in [3.05, 3.63) is 29.3 Å². The first-order valence-electron chi connectivity index (χ1n) is 5.81. The average Bonchev–Trinajstić information content (AvgIpc) is 2.35. The van der Waals surface area contributed by atoms with Gasteiger partial charge in [0.05, 0.1) is 0 Å². The minimum atomic E-state index is -0.389. The predicted octanol–water partition coefficient (Wildman–Crippen LogP) is 1.24. The molecule has 0 aliphatic carbocycles. The molecule has 1 aromatic carbocycles. The van der Waals surface area contributed by atoms with Gasteiger partial charge >= 0.3 is 0 Å². The van der Waals surface area contributed by atoms with Gasteiger partial charge in [-0.3, -0.25) is 20.4 Å². The topological polar surface area (TPSA) is 67.4 Å². The van der Waals surface area contributed by atoms with Crippen LogP contribution in [0, 0.1) is 13.8 Å². The van der Waals surface area contributed by atoms with Gasteiger partial charge in [0, 0.05) is 6.42 Å². The Hall–Kier alpha value is -2.04.